The molecule has 2 heterocycles. The van der Waals surface area contributed by atoms with Crippen molar-refractivity contribution in [3.05, 3.63) is 20.8 Å². The summed E-state index contributed by atoms with van der Waals surface area (Å²) in [6, 6.07) is 0.190. The lowest BCUT2D eigenvalue weighted by molar-refractivity contribution is 0.0747. The number of nitrogens with two attached hydrogens (primary N) is 1. The lowest BCUT2D eigenvalue weighted by Gasteiger charge is -2.22. The maximum atomic E-state index is 12.2. The van der Waals surface area contributed by atoms with Gasteiger partial charge >= 0.3 is 0 Å². The zero-order valence-electron chi connectivity index (χ0n) is 9.37. The summed E-state index contributed by atoms with van der Waals surface area (Å²) in [7, 11) is 0. The Morgan fingerprint density at radius 3 is 2.81 bits per heavy atom. The molecule has 1 fully saturated rings. The molecule has 1 aromatic rings. The fraction of sp³-hybridized carbons (Fsp3) is 0.545. The molecule has 2 atom stereocenters. The van der Waals surface area contributed by atoms with Crippen LogP contribution in [0.15, 0.2) is 5.38 Å². The number of thiophene rings is 1. The summed E-state index contributed by atoms with van der Waals surface area (Å²) in [5, 5.41) is 2.50. The topological polar surface area (TPSA) is 46.3 Å². The number of rotatable bonds is 1. The molecule has 2 N–H and O–H groups in total. The molecule has 0 radical (unpaired) electrons. The summed E-state index contributed by atoms with van der Waals surface area (Å²) >= 11 is 7.51. The van der Waals surface area contributed by atoms with E-state index in [0.717, 1.165) is 18.5 Å². The van der Waals surface area contributed by atoms with E-state index < -0.39 is 0 Å². The number of carbonyl (C=O) groups excluding carboxylic acids is 1. The van der Waals surface area contributed by atoms with E-state index in [2.05, 4.69) is 0 Å². The van der Waals surface area contributed by atoms with Crippen LogP contribution in [0.4, 0.5) is 0 Å². The van der Waals surface area contributed by atoms with Crippen molar-refractivity contribution >= 4 is 28.8 Å². The molecule has 0 bridgehead atoms. The number of aryl methyl sites for hydroxylation is 1. The van der Waals surface area contributed by atoms with Crippen LogP contribution in [-0.4, -0.2) is 29.4 Å². The van der Waals surface area contributed by atoms with Gasteiger partial charge in [0.25, 0.3) is 5.91 Å². The van der Waals surface area contributed by atoms with Gasteiger partial charge in [-0.15, -0.1) is 11.3 Å². The molecule has 16 heavy (non-hydrogen) atoms. The van der Waals surface area contributed by atoms with Crippen LogP contribution in [0.25, 0.3) is 0 Å². The van der Waals surface area contributed by atoms with Gasteiger partial charge in [-0.3, -0.25) is 4.79 Å². The van der Waals surface area contributed by atoms with Crippen molar-refractivity contribution in [1.29, 1.82) is 0 Å². The van der Waals surface area contributed by atoms with E-state index >= 15 is 0 Å². The lowest BCUT2D eigenvalue weighted by Crippen LogP contribution is -2.40. The fourth-order valence-corrected chi connectivity index (χ4v) is 3.18. The minimum Gasteiger partial charge on any atom is -0.334 e. The number of likely N-dealkylation sites (tertiary alicyclic amines) is 1. The predicted molar refractivity (Wildman–Crippen MR) is 67.2 cm³/mol. The van der Waals surface area contributed by atoms with Gasteiger partial charge in [0, 0.05) is 18.6 Å². The first-order valence-electron chi connectivity index (χ1n) is 5.32. The summed E-state index contributed by atoms with van der Waals surface area (Å²) in [6.07, 6.45) is 0.870. The van der Waals surface area contributed by atoms with Gasteiger partial charge in [-0.05, 0) is 31.2 Å². The fourth-order valence-electron chi connectivity index (χ4n) is 1.96. The Kier molecular flexibility index (Phi) is 3.24. The molecule has 0 aromatic carbocycles. The van der Waals surface area contributed by atoms with Crippen molar-refractivity contribution in [3.8, 4) is 0 Å². The second kappa shape index (κ2) is 4.35. The van der Waals surface area contributed by atoms with Crippen molar-refractivity contribution in [1.82, 2.24) is 4.90 Å². The van der Waals surface area contributed by atoms with Gasteiger partial charge in [0.15, 0.2) is 0 Å². The van der Waals surface area contributed by atoms with E-state index in [1.807, 2.05) is 24.1 Å². The van der Waals surface area contributed by atoms with Crippen LogP contribution in [0.3, 0.4) is 0 Å². The standard InChI is InChI=1S/C11H15ClN2OS/c1-6-5-16-10(9(6)12)11(15)14-4-3-8(13)7(14)2/h5,7-8H,3-4,13H2,1-2H3. The smallest absolute Gasteiger partial charge is 0.265 e. The van der Waals surface area contributed by atoms with E-state index in [1.165, 1.54) is 11.3 Å². The Labute approximate surface area is 104 Å². The van der Waals surface area contributed by atoms with Crippen LogP contribution < -0.4 is 5.73 Å². The number of halogens is 1. The lowest BCUT2D eigenvalue weighted by atomic mass is 10.2. The molecule has 5 heteroatoms. The molecule has 1 aromatic heterocycles. The summed E-state index contributed by atoms with van der Waals surface area (Å²) in [4.78, 5) is 14.7. The zero-order valence-corrected chi connectivity index (χ0v) is 10.9. The van der Waals surface area contributed by atoms with Crippen molar-refractivity contribution in [2.75, 3.05) is 6.54 Å². The van der Waals surface area contributed by atoms with Gasteiger partial charge in [-0.1, -0.05) is 11.6 Å². The molecule has 1 saturated heterocycles. The van der Waals surface area contributed by atoms with E-state index in [1.54, 1.807) is 0 Å². The van der Waals surface area contributed by atoms with Crippen molar-refractivity contribution in [3.63, 3.8) is 0 Å². The van der Waals surface area contributed by atoms with E-state index in [9.17, 15) is 4.79 Å². The van der Waals surface area contributed by atoms with Crippen LogP contribution in [0.2, 0.25) is 5.02 Å². The molecule has 1 amide bonds. The summed E-state index contributed by atoms with van der Waals surface area (Å²) in [6.45, 7) is 4.63. The summed E-state index contributed by atoms with van der Waals surface area (Å²) < 4.78 is 0. The Balaban J connectivity index is 2.23. The highest BCUT2D eigenvalue weighted by atomic mass is 35.5. The second-order valence-electron chi connectivity index (χ2n) is 4.25. The predicted octanol–water partition coefficient (Wildman–Crippen LogP) is 2.27. The monoisotopic (exact) mass is 258 g/mol. The normalized spacial score (nSPS) is 25.1. The van der Waals surface area contributed by atoms with Crippen LogP contribution in [-0.2, 0) is 0 Å². The second-order valence-corrected chi connectivity index (χ2v) is 5.51. The number of hydrogen-bond acceptors (Lipinski definition) is 3. The molecule has 0 spiro atoms. The largest absolute Gasteiger partial charge is 0.334 e. The van der Waals surface area contributed by atoms with Crippen molar-refractivity contribution in [2.24, 2.45) is 5.73 Å². The molecular weight excluding hydrogens is 244 g/mol. The Morgan fingerprint density at radius 2 is 2.38 bits per heavy atom. The molecule has 0 saturated carbocycles. The highest BCUT2D eigenvalue weighted by molar-refractivity contribution is 7.13. The number of amides is 1. The number of hydrogen-bond donors (Lipinski definition) is 1. The molecular formula is C11H15ClN2OS. The maximum absolute atomic E-state index is 12.2. The molecule has 1 aliphatic heterocycles. The van der Waals surface area contributed by atoms with Gasteiger partial charge < -0.3 is 10.6 Å². The first-order valence-corrected chi connectivity index (χ1v) is 6.58. The maximum Gasteiger partial charge on any atom is 0.265 e. The first-order chi connectivity index (χ1) is 7.52. The Bertz CT molecular complexity index is 418. The van der Waals surface area contributed by atoms with Crippen LogP contribution in [0, 0.1) is 6.92 Å². The summed E-state index contributed by atoms with van der Waals surface area (Å²) in [5.74, 6) is 0.0172. The summed E-state index contributed by atoms with van der Waals surface area (Å²) in [5.41, 5.74) is 6.87. The molecule has 2 unspecified atom stereocenters. The molecule has 0 aliphatic carbocycles. The number of carbonyl (C=O) groups is 1. The third-order valence-electron chi connectivity index (χ3n) is 3.17. The van der Waals surface area contributed by atoms with Crippen LogP contribution >= 0.6 is 22.9 Å². The van der Waals surface area contributed by atoms with Gasteiger partial charge in [0.2, 0.25) is 0 Å². The Hall–Kier alpha value is -0.580. The van der Waals surface area contributed by atoms with Crippen LogP contribution in [0.5, 0.6) is 0 Å². The first kappa shape index (κ1) is 11.9. The van der Waals surface area contributed by atoms with Gasteiger partial charge in [-0.2, -0.15) is 0 Å². The highest BCUT2D eigenvalue weighted by Gasteiger charge is 2.33. The van der Waals surface area contributed by atoms with E-state index in [0.29, 0.717) is 9.90 Å². The average Bonchev–Trinajstić information content (AvgIpc) is 2.74. The molecule has 2 rings (SSSR count). The van der Waals surface area contributed by atoms with Gasteiger partial charge in [-0.25, -0.2) is 0 Å². The quantitative estimate of drug-likeness (QED) is 0.840. The van der Waals surface area contributed by atoms with Gasteiger partial charge in [0.05, 0.1) is 5.02 Å². The molecule has 1 aliphatic rings. The highest BCUT2D eigenvalue weighted by Crippen LogP contribution is 2.30. The van der Waals surface area contributed by atoms with Crippen molar-refractivity contribution in [2.45, 2.75) is 32.4 Å². The SMILES string of the molecule is Cc1csc(C(=O)N2CCC(N)C2C)c1Cl. The van der Waals surface area contributed by atoms with Crippen LogP contribution in [0.1, 0.15) is 28.6 Å². The third-order valence-corrected chi connectivity index (χ3v) is 4.85. The molecule has 3 nitrogen and oxygen atoms in total. The third kappa shape index (κ3) is 1.85. The Morgan fingerprint density at radius 1 is 1.69 bits per heavy atom. The minimum atomic E-state index is 0.0172. The van der Waals surface area contributed by atoms with Crippen molar-refractivity contribution < 1.29 is 4.79 Å². The van der Waals surface area contributed by atoms with E-state index in [-0.39, 0.29) is 18.0 Å². The minimum absolute atomic E-state index is 0.0172. The number of nitrogens with zero attached hydrogens (tertiary/aromatic N) is 1. The zero-order chi connectivity index (χ0) is 11.9. The van der Waals surface area contributed by atoms with E-state index in [4.69, 9.17) is 17.3 Å². The molecule has 88 valence electrons. The van der Waals surface area contributed by atoms with Gasteiger partial charge in [0.1, 0.15) is 4.88 Å². The average molecular weight is 259 g/mol.